The van der Waals surface area contributed by atoms with E-state index in [0.29, 0.717) is 20.0 Å². The molecule has 0 spiro atoms. The maximum Gasteiger partial charge on any atom is 0.491 e. The number of halogens is 3. The van der Waals surface area contributed by atoms with Gasteiger partial charge in [0.2, 0.25) is 0 Å². The summed E-state index contributed by atoms with van der Waals surface area (Å²) in [5.74, 6) is 0. The predicted molar refractivity (Wildman–Crippen MR) is 161 cm³/mol. The lowest BCUT2D eigenvalue weighted by Crippen LogP contribution is -2.27. The summed E-state index contributed by atoms with van der Waals surface area (Å²) in [5.41, 5.74) is 3.01. The molecule has 5 rings (SSSR count). The van der Waals surface area contributed by atoms with E-state index >= 15 is 0 Å². The molecule has 1 aliphatic heterocycles. The predicted octanol–water partition coefficient (Wildman–Crippen LogP) is 8.08. The topological polar surface area (TPSA) is 47.9 Å². The van der Waals surface area contributed by atoms with Crippen molar-refractivity contribution in [2.45, 2.75) is 32.8 Å². The molecule has 0 aromatic heterocycles. The average Bonchev–Trinajstić information content (AvgIpc) is 3.26. The molecule has 196 valence electrons. The van der Waals surface area contributed by atoms with Gasteiger partial charge in [-0.2, -0.15) is 0 Å². The standard InChI is InChI=1S/C15H14BrClO2S.C13H10BClO2S/c1-18-10-19-9-11-5-6-14(8-15(11)16)20-13-4-2-3-12(17)7-13;15-10-2-1-3-11(6-10)18-12-5-4-9-8-17-14(16)13(9)7-12/h2-8H,9-10H2,1H3;1-7,16H,8H2. The first-order valence-corrected chi connectivity index (χ1v) is 14.7. The van der Waals surface area contributed by atoms with Gasteiger partial charge < -0.3 is 19.2 Å². The van der Waals surface area contributed by atoms with Crippen LogP contribution in [0, 0.1) is 0 Å². The quantitative estimate of drug-likeness (QED) is 0.118. The van der Waals surface area contributed by atoms with Crippen LogP contribution in [0.5, 0.6) is 0 Å². The van der Waals surface area contributed by atoms with Crippen LogP contribution in [-0.2, 0) is 27.3 Å². The summed E-state index contributed by atoms with van der Waals surface area (Å²) >= 11 is 18.8. The molecular formula is C28H24BBrCl2O4S2. The van der Waals surface area contributed by atoms with Crippen molar-refractivity contribution >= 4 is 75.2 Å². The number of hydrogen-bond acceptors (Lipinski definition) is 6. The van der Waals surface area contributed by atoms with Crippen LogP contribution in [0.1, 0.15) is 11.1 Å². The molecule has 4 aromatic carbocycles. The molecule has 1 N–H and O–H groups in total. The van der Waals surface area contributed by atoms with Crippen molar-refractivity contribution < 1.29 is 19.2 Å². The van der Waals surface area contributed by atoms with Crippen molar-refractivity contribution in [2.75, 3.05) is 13.9 Å². The summed E-state index contributed by atoms with van der Waals surface area (Å²) < 4.78 is 16.4. The van der Waals surface area contributed by atoms with Crippen LogP contribution in [0.2, 0.25) is 10.0 Å². The third kappa shape index (κ3) is 8.78. The lowest BCUT2D eigenvalue weighted by Gasteiger charge is -2.08. The zero-order chi connectivity index (χ0) is 26.9. The minimum Gasteiger partial charge on any atom is -0.423 e. The number of rotatable bonds is 8. The first-order chi connectivity index (χ1) is 18.4. The molecule has 4 nitrogen and oxygen atoms in total. The van der Waals surface area contributed by atoms with Gasteiger partial charge in [-0.1, -0.05) is 86.9 Å². The van der Waals surface area contributed by atoms with Gasteiger partial charge in [0.05, 0.1) is 13.2 Å². The molecule has 0 bridgehead atoms. The third-order valence-corrected chi connectivity index (χ3v) is 8.49. The second-order valence-electron chi connectivity index (χ2n) is 8.15. The fourth-order valence-corrected chi connectivity index (χ4v) is 6.53. The molecule has 1 heterocycles. The van der Waals surface area contributed by atoms with E-state index in [9.17, 15) is 5.02 Å². The Kier molecular flexibility index (Phi) is 11.5. The summed E-state index contributed by atoms with van der Waals surface area (Å²) in [5, 5.41) is 11.1. The Hall–Kier alpha value is -1.46. The van der Waals surface area contributed by atoms with Gasteiger partial charge in [-0.15, -0.1) is 0 Å². The molecule has 0 saturated carbocycles. The van der Waals surface area contributed by atoms with Crippen molar-refractivity contribution in [3.05, 3.63) is 111 Å². The van der Waals surface area contributed by atoms with Crippen LogP contribution in [0.4, 0.5) is 0 Å². The van der Waals surface area contributed by atoms with Gasteiger partial charge in [0.25, 0.3) is 0 Å². The lowest BCUT2D eigenvalue weighted by molar-refractivity contribution is -0.0392. The minimum atomic E-state index is -0.792. The Balaban J connectivity index is 0.000000178. The molecule has 4 aromatic rings. The van der Waals surface area contributed by atoms with Crippen LogP contribution in [0.3, 0.4) is 0 Å². The smallest absolute Gasteiger partial charge is 0.423 e. The fourth-order valence-electron chi connectivity index (χ4n) is 3.53. The Morgan fingerprint density at radius 1 is 0.868 bits per heavy atom. The van der Waals surface area contributed by atoms with Gasteiger partial charge in [-0.25, -0.2) is 0 Å². The van der Waals surface area contributed by atoms with Crippen molar-refractivity contribution in [1.82, 2.24) is 0 Å². The van der Waals surface area contributed by atoms with E-state index in [1.165, 1.54) is 0 Å². The monoisotopic (exact) mass is 648 g/mol. The first kappa shape index (κ1) is 29.5. The Morgan fingerprint density at radius 3 is 2.08 bits per heavy atom. The normalized spacial score (nSPS) is 12.2. The van der Waals surface area contributed by atoms with E-state index in [-0.39, 0.29) is 0 Å². The highest BCUT2D eigenvalue weighted by molar-refractivity contribution is 9.10. The maximum atomic E-state index is 9.66. The second-order valence-corrected chi connectivity index (χ2v) is 12.2. The summed E-state index contributed by atoms with van der Waals surface area (Å²) in [6, 6.07) is 27.7. The van der Waals surface area contributed by atoms with E-state index < -0.39 is 7.12 Å². The van der Waals surface area contributed by atoms with E-state index in [1.54, 1.807) is 30.6 Å². The molecule has 38 heavy (non-hydrogen) atoms. The van der Waals surface area contributed by atoms with Crippen molar-refractivity contribution in [3.63, 3.8) is 0 Å². The molecule has 0 amide bonds. The number of methoxy groups -OCH3 is 1. The first-order valence-electron chi connectivity index (χ1n) is 11.6. The largest absolute Gasteiger partial charge is 0.491 e. The average molecular weight is 650 g/mol. The fraction of sp³-hybridized carbons (Fsp3) is 0.143. The second kappa shape index (κ2) is 14.8. The molecule has 0 atom stereocenters. The highest BCUT2D eigenvalue weighted by Gasteiger charge is 2.27. The van der Waals surface area contributed by atoms with Crippen molar-refractivity contribution in [3.8, 4) is 0 Å². The summed E-state index contributed by atoms with van der Waals surface area (Å²) in [7, 11) is 0.819. The number of fused-ring (bicyclic) bond motifs is 1. The Bertz CT molecular complexity index is 1380. The van der Waals surface area contributed by atoms with Gasteiger partial charge in [0.1, 0.15) is 6.79 Å². The van der Waals surface area contributed by atoms with Crippen LogP contribution in [-0.4, -0.2) is 26.0 Å². The van der Waals surface area contributed by atoms with Gasteiger partial charge in [-0.3, -0.25) is 0 Å². The van der Waals surface area contributed by atoms with Crippen molar-refractivity contribution in [2.24, 2.45) is 0 Å². The molecule has 0 fully saturated rings. The minimum absolute atomic E-state index is 0.297. The zero-order valence-corrected chi connectivity index (χ0v) is 25.1. The summed E-state index contributed by atoms with van der Waals surface area (Å²) in [6.07, 6.45) is 0. The van der Waals surface area contributed by atoms with Gasteiger partial charge in [0, 0.05) is 41.2 Å². The molecular weight excluding hydrogens is 626 g/mol. The molecule has 0 saturated heterocycles. The van der Waals surface area contributed by atoms with Crippen LogP contribution in [0.15, 0.2) is 109 Å². The molecule has 0 radical (unpaired) electrons. The molecule has 0 aliphatic carbocycles. The Morgan fingerprint density at radius 2 is 1.47 bits per heavy atom. The van der Waals surface area contributed by atoms with Crippen LogP contribution >= 0.6 is 62.7 Å². The number of hydrogen-bond donors (Lipinski definition) is 1. The molecule has 0 unspecified atom stereocenters. The van der Waals surface area contributed by atoms with Crippen LogP contribution in [0.25, 0.3) is 0 Å². The number of ether oxygens (including phenoxy) is 2. The lowest BCUT2D eigenvalue weighted by atomic mass is 9.80. The Labute approximate surface area is 250 Å². The number of benzene rings is 4. The molecule has 10 heteroatoms. The van der Waals surface area contributed by atoms with Gasteiger partial charge in [-0.05, 0) is 77.3 Å². The van der Waals surface area contributed by atoms with Crippen LogP contribution < -0.4 is 5.46 Å². The van der Waals surface area contributed by atoms with Crippen molar-refractivity contribution in [1.29, 1.82) is 0 Å². The SMILES string of the molecule is COCOCc1ccc(Sc2cccc(Cl)c2)cc1Br.OB1OCc2ccc(Sc3cccc(Cl)c3)cc21. The van der Waals surface area contributed by atoms with E-state index in [4.69, 9.17) is 37.3 Å². The van der Waals surface area contributed by atoms with E-state index in [2.05, 4.69) is 28.1 Å². The summed E-state index contributed by atoms with van der Waals surface area (Å²) in [4.78, 5) is 4.42. The molecule has 1 aliphatic rings. The van der Waals surface area contributed by atoms with Gasteiger partial charge in [0.15, 0.2) is 0 Å². The summed E-state index contributed by atoms with van der Waals surface area (Å²) in [6.45, 7) is 1.31. The third-order valence-electron chi connectivity index (χ3n) is 5.33. The van der Waals surface area contributed by atoms with E-state index in [0.717, 1.165) is 50.7 Å². The zero-order valence-electron chi connectivity index (χ0n) is 20.4. The van der Waals surface area contributed by atoms with E-state index in [1.807, 2.05) is 72.8 Å². The van der Waals surface area contributed by atoms with Gasteiger partial charge >= 0.3 is 7.12 Å². The highest BCUT2D eigenvalue weighted by atomic mass is 79.9. The maximum absolute atomic E-state index is 9.66. The highest BCUT2D eigenvalue weighted by Crippen LogP contribution is 2.33.